The molecule has 4 heteroatoms. The van der Waals surface area contributed by atoms with Crippen molar-refractivity contribution in [2.24, 2.45) is 0 Å². The number of nitrogens with zero attached hydrogens (tertiary/aromatic N) is 3. The van der Waals surface area contributed by atoms with E-state index in [1.807, 2.05) is 6.07 Å². The molecule has 0 bridgehead atoms. The van der Waals surface area contributed by atoms with E-state index < -0.39 is 0 Å². The molecule has 0 saturated carbocycles. The Labute approximate surface area is 98.4 Å². The van der Waals surface area contributed by atoms with Crippen LogP contribution in [-0.4, -0.2) is 9.78 Å². The summed E-state index contributed by atoms with van der Waals surface area (Å²) in [5.74, 6) is -0.314. The van der Waals surface area contributed by atoms with E-state index in [9.17, 15) is 4.39 Å². The second-order valence-corrected chi connectivity index (χ2v) is 3.53. The second-order valence-electron chi connectivity index (χ2n) is 3.53. The van der Waals surface area contributed by atoms with Gasteiger partial charge in [-0.25, -0.2) is 4.39 Å². The first-order valence-corrected chi connectivity index (χ1v) is 5.06. The maximum atomic E-state index is 13.5. The molecule has 0 aliphatic rings. The maximum Gasteiger partial charge on any atom is 0.131 e. The highest BCUT2D eigenvalue weighted by Gasteiger charge is 2.05. The molecule has 0 amide bonds. The van der Waals surface area contributed by atoms with E-state index in [4.69, 9.17) is 5.26 Å². The topological polar surface area (TPSA) is 41.6 Å². The fraction of sp³-hybridized carbons (Fsp3) is 0.0769. The van der Waals surface area contributed by atoms with Crippen molar-refractivity contribution in [2.45, 2.75) is 6.54 Å². The lowest BCUT2D eigenvalue weighted by Crippen LogP contribution is -1.94. The Hall–Kier alpha value is -2.41. The van der Waals surface area contributed by atoms with E-state index in [0.29, 0.717) is 5.56 Å². The fourth-order valence-corrected chi connectivity index (χ4v) is 1.54. The quantitative estimate of drug-likeness (QED) is 0.809. The van der Waals surface area contributed by atoms with Crippen LogP contribution in [0.1, 0.15) is 5.56 Å². The van der Waals surface area contributed by atoms with Gasteiger partial charge in [0.15, 0.2) is 0 Å². The SMILES string of the molecule is C=Cc1ccc(-c2cnn(CC#N)c2)cc1F. The standard InChI is InChI=1S/C13H10FN3/c1-2-10-3-4-11(7-13(10)14)12-8-16-17(9-12)6-5-15/h2-4,7-9H,1,6H2. The first kappa shape index (κ1) is 11.1. The number of rotatable bonds is 3. The summed E-state index contributed by atoms with van der Waals surface area (Å²) in [4.78, 5) is 0. The number of benzene rings is 1. The molecule has 3 nitrogen and oxygen atoms in total. The van der Waals surface area contributed by atoms with E-state index >= 15 is 0 Å². The normalized spacial score (nSPS) is 9.88. The van der Waals surface area contributed by atoms with Crippen LogP contribution in [0.15, 0.2) is 37.2 Å². The van der Waals surface area contributed by atoms with Crippen LogP contribution in [0, 0.1) is 17.1 Å². The van der Waals surface area contributed by atoms with Crippen molar-refractivity contribution in [3.63, 3.8) is 0 Å². The highest BCUT2D eigenvalue weighted by atomic mass is 19.1. The summed E-state index contributed by atoms with van der Waals surface area (Å²) in [6.07, 6.45) is 4.80. The minimum absolute atomic E-state index is 0.188. The summed E-state index contributed by atoms with van der Waals surface area (Å²) in [7, 11) is 0. The second kappa shape index (κ2) is 4.62. The first-order valence-electron chi connectivity index (χ1n) is 5.06. The van der Waals surface area contributed by atoms with Gasteiger partial charge in [-0.15, -0.1) is 0 Å². The molecule has 0 aliphatic carbocycles. The Kier molecular flexibility index (Phi) is 3.01. The van der Waals surface area contributed by atoms with Crippen molar-refractivity contribution < 1.29 is 4.39 Å². The van der Waals surface area contributed by atoms with E-state index in [-0.39, 0.29) is 12.4 Å². The van der Waals surface area contributed by atoms with Gasteiger partial charge < -0.3 is 0 Å². The van der Waals surface area contributed by atoms with Gasteiger partial charge in [0.05, 0.1) is 12.3 Å². The van der Waals surface area contributed by atoms with Crippen LogP contribution in [0.2, 0.25) is 0 Å². The molecule has 0 unspecified atom stereocenters. The van der Waals surface area contributed by atoms with Crippen LogP contribution >= 0.6 is 0 Å². The minimum atomic E-state index is -0.314. The van der Waals surface area contributed by atoms with Gasteiger partial charge in [0.1, 0.15) is 12.4 Å². The summed E-state index contributed by atoms with van der Waals surface area (Å²) in [5, 5.41) is 12.5. The molecule has 1 heterocycles. The molecule has 0 fully saturated rings. The number of halogens is 1. The van der Waals surface area contributed by atoms with Crippen LogP contribution in [0.25, 0.3) is 17.2 Å². The molecule has 0 aliphatic heterocycles. The molecule has 1 aromatic heterocycles. The Morgan fingerprint density at radius 3 is 2.94 bits per heavy atom. The summed E-state index contributed by atoms with van der Waals surface area (Å²) in [6, 6.07) is 6.89. The Morgan fingerprint density at radius 2 is 2.29 bits per heavy atom. The maximum absolute atomic E-state index is 13.5. The van der Waals surface area contributed by atoms with Crippen molar-refractivity contribution in [3.8, 4) is 17.2 Å². The third-order valence-corrected chi connectivity index (χ3v) is 2.42. The van der Waals surface area contributed by atoms with Gasteiger partial charge in [-0.1, -0.05) is 24.8 Å². The van der Waals surface area contributed by atoms with Crippen molar-refractivity contribution >= 4 is 6.08 Å². The fourth-order valence-electron chi connectivity index (χ4n) is 1.54. The van der Waals surface area contributed by atoms with Crippen LogP contribution in [0.4, 0.5) is 4.39 Å². The average Bonchev–Trinajstić information content (AvgIpc) is 2.78. The van der Waals surface area contributed by atoms with Gasteiger partial charge in [-0.05, 0) is 11.6 Å². The summed E-state index contributed by atoms with van der Waals surface area (Å²) >= 11 is 0. The van der Waals surface area contributed by atoms with E-state index in [2.05, 4.69) is 11.7 Å². The molecule has 1 aromatic carbocycles. The van der Waals surface area contributed by atoms with Crippen molar-refractivity contribution in [1.82, 2.24) is 9.78 Å². The lowest BCUT2D eigenvalue weighted by Gasteiger charge is -2.00. The lowest BCUT2D eigenvalue weighted by molar-refractivity contribution is 0.625. The summed E-state index contributed by atoms with van der Waals surface area (Å²) in [6.45, 7) is 3.72. The highest BCUT2D eigenvalue weighted by molar-refractivity contribution is 5.64. The zero-order chi connectivity index (χ0) is 12.3. The van der Waals surface area contributed by atoms with Crippen LogP contribution < -0.4 is 0 Å². The monoisotopic (exact) mass is 227 g/mol. The molecule has 0 spiro atoms. The lowest BCUT2D eigenvalue weighted by atomic mass is 10.1. The van der Waals surface area contributed by atoms with Gasteiger partial charge in [-0.2, -0.15) is 10.4 Å². The summed E-state index contributed by atoms with van der Waals surface area (Å²) in [5.41, 5.74) is 1.99. The third kappa shape index (κ3) is 2.23. The molecule has 0 atom stereocenters. The average molecular weight is 227 g/mol. The molecular weight excluding hydrogens is 217 g/mol. The van der Waals surface area contributed by atoms with Crippen molar-refractivity contribution in [2.75, 3.05) is 0 Å². The molecule has 2 rings (SSSR count). The summed E-state index contributed by atoms with van der Waals surface area (Å²) < 4.78 is 15.0. The Balaban J connectivity index is 2.36. The van der Waals surface area contributed by atoms with Crippen LogP contribution in [-0.2, 0) is 6.54 Å². The molecular formula is C13H10FN3. The van der Waals surface area contributed by atoms with E-state index in [1.165, 1.54) is 16.8 Å². The van der Waals surface area contributed by atoms with Crippen LogP contribution in [0.5, 0.6) is 0 Å². The smallest absolute Gasteiger partial charge is 0.131 e. The zero-order valence-electron chi connectivity index (χ0n) is 9.10. The predicted octanol–water partition coefficient (Wildman–Crippen LogP) is 2.86. The van der Waals surface area contributed by atoms with E-state index in [0.717, 1.165) is 11.1 Å². The highest BCUT2D eigenvalue weighted by Crippen LogP contribution is 2.21. The van der Waals surface area contributed by atoms with Crippen molar-refractivity contribution in [3.05, 3.63) is 48.6 Å². The molecule has 0 saturated heterocycles. The number of hydrogen-bond donors (Lipinski definition) is 0. The molecule has 0 N–H and O–H groups in total. The van der Waals surface area contributed by atoms with Gasteiger partial charge in [0.25, 0.3) is 0 Å². The Bertz CT molecular complexity index is 593. The largest absolute Gasteiger partial charge is 0.258 e. The molecule has 17 heavy (non-hydrogen) atoms. The van der Waals surface area contributed by atoms with Gasteiger partial charge in [0.2, 0.25) is 0 Å². The Morgan fingerprint density at radius 1 is 1.47 bits per heavy atom. The molecule has 84 valence electrons. The van der Waals surface area contributed by atoms with Gasteiger partial charge in [-0.3, -0.25) is 4.68 Å². The minimum Gasteiger partial charge on any atom is -0.258 e. The molecule has 2 aromatic rings. The van der Waals surface area contributed by atoms with Crippen molar-refractivity contribution in [1.29, 1.82) is 5.26 Å². The first-order chi connectivity index (χ1) is 8.24. The number of nitriles is 1. The predicted molar refractivity (Wildman–Crippen MR) is 63.3 cm³/mol. The van der Waals surface area contributed by atoms with Crippen LogP contribution in [0.3, 0.4) is 0 Å². The molecule has 0 radical (unpaired) electrons. The van der Waals surface area contributed by atoms with Gasteiger partial charge in [0, 0.05) is 17.3 Å². The third-order valence-electron chi connectivity index (χ3n) is 2.42. The number of hydrogen-bond acceptors (Lipinski definition) is 2. The van der Waals surface area contributed by atoms with E-state index in [1.54, 1.807) is 24.5 Å². The zero-order valence-corrected chi connectivity index (χ0v) is 9.10. The number of aromatic nitrogens is 2. The van der Waals surface area contributed by atoms with Gasteiger partial charge >= 0.3 is 0 Å².